The largest absolute Gasteiger partial charge is 0.464 e. The van der Waals surface area contributed by atoms with Crippen LogP contribution < -0.4 is 5.56 Å². The number of fused-ring (bicyclic) bond motifs is 1. The van der Waals surface area contributed by atoms with E-state index in [-0.39, 0.29) is 10.8 Å². The molecule has 1 unspecified atom stereocenters. The Kier molecular flexibility index (Phi) is 4.54. The summed E-state index contributed by atoms with van der Waals surface area (Å²) in [5.74, 6) is 1.36. The van der Waals surface area contributed by atoms with Crippen LogP contribution in [0.25, 0.3) is 21.5 Å². The average molecular weight is 433 g/mol. The number of nitrogens with one attached hydrogen (secondary N) is 1. The Morgan fingerprint density at radius 2 is 2.20 bits per heavy atom. The molecule has 1 N–H and O–H groups in total. The minimum atomic E-state index is -0.130. The van der Waals surface area contributed by atoms with Crippen molar-refractivity contribution in [1.29, 1.82) is 0 Å². The van der Waals surface area contributed by atoms with Crippen molar-refractivity contribution >= 4 is 49.2 Å². The van der Waals surface area contributed by atoms with Gasteiger partial charge in [-0.25, -0.2) is 4.98 Å². The zero-order valence-corrected chi connectivity index (χ0v) is 16.4. The van der Waals surface area contributed by atoms with Gasteiger partial charge in [-0.3, -0.25) is 4.79 Å². The lowest BCUT2D eigenvalue weighted by Crippen LogP contribution is -2.12. The Morgan fingerprint density at radius 3 is 2.96 bits per heavy atom. The molecule has 0 saturated carbocycles. The Hall–Kier alpha value is -1.83. The molecule has 4 rings (SSSR count). The molecule has 0 amide bonds. The van der Waals surface area contributed by atoms with Gasteiger partial charge in [-0.15, -0.1) is 23.1 Å². The molecule has 25 heavy (non-hydrogen) atoms. The van der Waals surface area contributed by atoms with Crippen LogP contribution in [0.4, 0.5) is 0 Å². The quantitative estimate of drug-likeness (QED) is 0.410. The van der Waals surface area contributed by atoms with Gasteiger partial charge < -0.3 is 9.40 Å². The summed E-state index contributed by atoms with van der Waals surface area (Å²) in [6, 6.07) is 11.7. The zero-order valence-electron chi connectivity index (χ0n) is 13.2. The topological polar surface area (TPSA) is 58.9 Å². The smallest absolute Gasteiger partial charge is 0.260 e. The zero-order chi connectivity index (χ0) is 17.4. The maximum absolute atomic E-state index is 12.6. The molecule has 3 heterocycles. The number of thiophene rings is 1. The van der Waals surface area contributed by atoms with E-state index >= 15 is 0 Å². The first-order chi connectivity index (χ1) is 12.1. The molecule has 0 saturated heterocycles. The van der Waals surface area contributed by atoms with Gasteiger partial charge in [0.25, 0.3) is 5.56 Å². The van der Waals surface area contributed by atoms with Crippen molar-refractivity contribution in [2.45, 2.75) is 17.1 Å². The van der Waals surface area contributed by atoms with Crippen molar-refractivity contribution in [1.82, 2.24) is 9.97 Å². The van der Waals surface area contributed by atoms with Gasteiger partial charge in [-0.2, -0.15) is 0 Å². The second-order valence-electron chi connectivity index (χ2n) is 5.48. The van der Waals surface area contributed by atoms with Crippen LogP contribution >= 0.6 is 39.0 Å². The average Bonchev–Trinajstić information content (AvgIpc) is 3.23. The second-order valence-corrected chi connectivity index (χ2v) is 8.66. The van der Waals surface area contributed by atoms with Crippen LogP contribution in [0.2, 0.25) is 0 Å². The molecule has 1 atom stereocenters. The van der Waals surface area contributed by atoms with Gasteiger partial charge in [0.05, 0.1) is 16.9 Å². The lowest BCUT2D eigenvalue weighted by atomic mass is 10.2. The number of aromatic nitrogens is 2. The molecule has 0 bridgehead atoms. The van der Waals surface area contributed by atoms with E-state index in [9.17, 15) is 4.79 Å². The monoisotopic (exact) mass is 432 g/mol. The SMILES string of the molecule is CC(Sc1cccc(Br)c1)c1nc2scc(-c3ccco3)c2c(=O)[nH]1. The molecule has 4 aromatic rings. The third-order valence-electron chi connectivity index (χ3n) is 3.74. The fraction of sp³-hybridized carbons (Fsp3) is 0.111. The second kappa shape index (κ2) is 6.82. The van der Waals surface area contributed by atoms with Crippen molar-refractivity contribution < 1.29 is 4.42 Å². The van der Waals surface area contributed by atoms with Crippen molar-refractivity contribution in [3.63, 3.8) is 0 Å². The number of hydrogen-bond acceptors (Lipinski definition) is 5. The highest BCUT2D eigenvalue weighted by Gasteiger charge is 2.17. The van der Waals surface area contributed by atoms with E-state index in [4.69, 9.17) is 4.42 Å². The number of H-pyrrole nitrogens is 1. The van der Waals surface area contributed by atoms with Gasteiger partial charge >= 0.3 is 0 Å². The van der Waals surface area contributed by atoms with Crippen LogP contribution in [0.5, 0.6) is 0 Å². The highest BCUT2D eigenvalue weighted by molar-refractivity contribution is 9.10. The molecule has 0 aliphatic carbocycles. The summed E-state index contributed by atoms with van der Waals surface area (Å²) >= 11 is 6.60. The Balaban J connectivity index is 1.71. The maximum atomic E-state index is 12.6. The molecule has 3 aromatic heterocycles. The van der Waals surface area contributed by atoms with Gasteiger partial charge in [0, 0.05) is 20.3 Å². The van der Waals surface area contributed by atoms with Crippen LogP contribution in [0.1, 0.15) is 18.0 Å². The number of nitrogens with zero attached hydrogens (tertiary/aromatic N) is 1. The summed E-state index contributed by atoms with van der Waals surface area (Å²) in [7, 11) is 0. The van der Waals surface area contributed by atoms with Crippen LogP contribution in [0.15, 0.2) is 66.6 Å². The standard InChI is InChI=1S/C18H13BrN2O2S2/c1-10(25-12-5-2-4-11(19)8-12)16-20-17(22)15-13(9-24-18(15)21-16)14-6-3-7-23-14/h2-10H,1H3,(H,20,21,22). The van der Waals surface area contributed by atoms with Crippen molar-refractivity contribution in [2.75, 3.05) is 0 Å². The van der Waals surface area contributed by atoms with E-state index in [1.165, 1.54) is 11.3 Å². The molecule has 4 nitrogen and oxygen atoms in total. The highest BCUT2D eigenvalue weighted by Crippen LogP contribution is 2.36. The molecule has 126 valence electrons. The summed E-state index contributed by atoms with van der Waals surface area (Å²) in [4.78, 5) is 22.1. The Bertz CT molecular complexity index is 1090. The van der Waals surface area contributed by atoms with Gasteiger partial charge in [0.1, 0.15) is 16.4 Å². The molecule has 1 aromatic carbocycles. The summed E-state index contributed by atoms with van der Waals surface area (Å²) in [6.07, 6.45) is 1.60. The first-order valence-electron chi connectivity index (χ1n) is 7.59. The number of aromatic amines is 1. The molecular weight excluding hydrogens is 420 g/mol. The fourth-order valence-corrected chi connectivity index (χ4v) is 5.04. The molecule has 7 heteroatoms. The predicted molar refractivity (Wildman–Crippen MR) is 106 cm³/mol. The Labute approximate surface area is 160 Å². The summed E-state index contributed by atoms with van der Waals surface area (Å²) in [6.45, 7) is 2.04. The molecule has 0 aliphatic heterocycles. The maximum Gasteiger partial charge on any atom is 0.260 e. The summed E-state index contributed by atoms with van der Waals surface area (Å²) in [5, 5.41) is 2.53. The van der Waals surface area contributed by atoms with Crippen molar-refractivity contribution in [3.8, 4) is 11.3 Å². The molecule has 0 radical (unpaired) electrons. The predicted octanol–water partition coefficient (Wildman–Crippen LogP) is 5.86. The molecule has 0 aliphatic rings. The van der Waals surface area contributed by atoms with E-state index in [1.807, 2.05) is 42.6 Å². The van der Waals surface area contributed by atoms with E-state index < -0.39 is 0 Å². The lowest BCUT2D eigenvalue weighted by Gasteiger charge is -2.11. The number of rotatable bonds is 4. The van der Waals surface area contributed by atoms with E-state index in [0.29, 0.717) is 17.0 Å². The van der Waals surface area contributed by atoms with Gasteiger partial charge in [0.15, 0.2) is 0 Å². The van der Waals surface area contributed by atoms with Crippen LogP contribution in [-0.4, -0.2) is 9.97 Å². The number of furan rings is 1. The number of hydrogen-bond donors (Lipinski definition) is 1. The molecular formula is C18H13BrN2O2S2. The number of benzene rings is 1. The minimum absolute atomic E-state index is 0.0283. The van der Waals surface area contributed by atoms with E-state index in [1.54, 1.807) is 18.0 Å². The van der Waals surface area contributed by atoms with E-state index in [0.717, 1.165) is 19.8 Å². The van der Waals surface area contributed by atoms with Gasteiger partial charge in [-0.1, -0.05) is 22.0 Å². The fourth-order valence-electron chi connectivity index (χ4n) is 2.57. The minimum Gasteiger partial charge on any atom is -0.464 e. The number of thioether (sulfide) groups is 1. The van der Waals surface area contributed by atoms with Crippen LogP contribution in [-0.2, 0) is 0 Å². The highest BCUT2D eigenvalue weighted by atomic mass is 79.9. The van der Waals surface area contributed by atoms with Crippen molar-refractivity contribution in [3.05, 3.63) is 68.7 Å². The molecule has 0 fully saturated rings. The third-order valence-corrected chi connectivity index (χ3v) is 6.21. The van der Waals surface area contributed by atoms with E-state index in [2.05, 4.69) is 32.0 Å². The third kappa shape index (κ3) is 3.31. The van der Waals surface area contributed by atoms with Gasteiger partial charge in [0.2, 0.25) is 0 Å². The van der Waals surface area contributed by atoms with Gasteiger partial charge in [-0.05, 0) is 37.3 Å². The van der Waals surface area contributed by atoms with Crippen LogP contribution in [0, 0.1) is 0 Å². The summed E-state index contributed by atoms with van der Waals surface area (Å²) < 4.78 is 6.46. The first kappa shape index (κ1) is 16.6. The lowest BCUT2D eigenvalue weighted by molar-refractivity contribution is 0.583. The normalized spacial score (nSPS) is 12.6. The number of halogens is 1. The first-order valence-corrected chi connectivity index (χ1v) is 10.1. The van der Waals surface area contributed by atoms with Crippen molar-refractivity contribution in [2.24, 2.45) is 0 Å². The molecule has 0 spiro atoms. The Morgan fingerprint density at radius 1 is 1.32 bits per heavy atom. The summed E-state index contributed by atoms with van der Waals surface area (Å²) in [5.41, 5.74) is 0.659. The van der Waals surface area contributed by atoms with Crippen LogP contribution in [0.3, 0.4) is 0 Å².